The first-order chi connectivity index (χ1) is 15.6. The number of benzene rings is 4. The van der Waals surface area contributed by atoms with E-state index in [1.807, 2.05) is 0 Å². The number of Topliss-reactive ketones (excluding diaryl/α,β-unsaturated/α-hetero) is 1. The Hall–Kier alpha value is -3.45. The number of allylic oxidation sites excluding steroid dienone is 2. The molecule has 4 aromatic rings. The van der Waals surface area contributed by atoms with E-state index in [9.17, 15) is 4.79 Å². The Balaban J connectivity index is 1.63. The van der Waals surface area contributed by atoms with E-state index in [0.29, 0.717) is 5.78 Å². The van der Waals surface area contributed by atoms with Gasteiger partial charge in [0, 0.05) is 11.8 Å². The second-order valence-electron chi connectivity index (χ2n) is 9.96. The Morgan fingerprint density at radius 3 is 1.44 bits per heavy atom. The summed E-state index contributed by atoms with van der Waals surface area (Å²) in [5, 5.41) is 2.66. The van der Waals surface area contributed by atoms with E-state index >= 15 is 0 Å². The van der Waals surface area contributed by atoms with Crippen molar-refractivity contribution in [1.82, 2.24) is 0 Å². The maximum atomic E-state index is 14.5. The van der Waals surface area contributed by atoms with E-state index in [-0.39, 0.29) is 11.8 Å². The van der Waals surface area contributed by atoms with E-state index in [1.54, 1.807) is 0 Å². The van der Waals surface area contributed by atoms with Crippen LogP contribution in [0.25, 0.3) is 21.9 Å². The minimum atomic E-state index is -0.556. The quantitative estimate of drug-likeness (QED) is 0.339. The van der Waals surface area contributed by atoms with Crippen molar-refractivity contribution < 1.29 is 4.79 Å². The van der Waals surface area contributed by atoms with Crippen molar-refractivity contribution in [2.24, 2.45) is 10.8 Å². The molecule has 154 valence electrons. The van der Waals surface area contributed by atoms with Crippen LogP contribution in [-0.2, 0) is 4.79 Å². The maximum absolute atomic E-state index is 14.5. The number of ketones is 1. The van der Waals surface area contributed by atoms with E-state index in [0.717, 1.165) is 0 Å². The van der Waals surface area contributed by atoms with Gasteiger partial charge in [0.25, 0.3) is 0 Å². The molecule has 0 amide bonds. The molecular formula is C31H24O. The molecule has 1 saturated carbocycles. The summed E-state index contributed by atoms with van der Waals surface area (Å²) < 4.78 is 0. The lowest BCUT2D eigenvalue weighted by Gasteiger charge is -2.39. The molecule has 0 radical (unpaired) electrons. The summed E-state index contributed by atoms with van der Waals surface area (Å²) in [6.07, 6.45) is 0. The first-order valence-corrected chi connectivity index (χ1v) is 11.5. The minimum Gasteiger partial charge on any atom is -0.298 e. The van der Waals surface area contributed by atoms with Gasteiger partial charge >= 0.3 is 0 Å². The zero-order valence-electron chi connectivity index (χ0n) is 18.3. The smallest absolute Gasteiger partial charge is 0.154 e. The fourth-order valence-electron chi connectivity index (χ4n) is 7.54. The molecule has 0 aromatic heterocycles. The van der Waals surface area contributed by atoms with Crippen LogP contribution in [0.2, 0.25) is 0 Å². The predicted octanol–water partition coefficient (Wildman–Crippen LogP) is 7.24. The molecule has 0 aliphatic heterocycles. The van der Waals surface area contributed by atoms with Gasteiger partial charge < -0.3 is 0 Å². The molecular weight excluding hydrogens is 388 g/mol. The molecule has 3 aliphatic carbocycles. The second-order valence-corrected chi connectivity index (χ2v) is 9.96. The molecule has 0 heterocycles. The monoisotopic (exact) mass is 412 g/mol. The number of hydrogen-bond donors (Lipinski definition) is 0. The highest BCUT2D eigenvalue weighted by Gasteiger charge is 2.73. The molecule has 3 aliphatic rings. The normalized spacial score (nSPS) is 29.8. The van der Waals surface area contributed by atoms with Crippen molar-refractivity contribution in [3.05, 3.63) is 119 Å². The summed E-state index contributed by atoms with van der Waals surface area (Å²) in [5.41, 5.74) is 6.38. The highest BCUT2D eigenvalue weighted by molar-refractivity contribution is 6.25. The van der Waals surface area contributed by atoms with Crippen molar-refractivity contribution >= 4 is 27.7 Å². The average molecular weight is 413 g/mol. The fraction of sp³-hybridized carbons (Fsp3) is 0.194. The van der Waals surface area contributed by atoms with Crippen LogP contribution in [0.4, 0.5) is 0 Å². The highest BCUT2D eigenvalue weighted by Crippen LogP contribution is 2.79. The van der Waals surface area contributed by atoms with Crippen LogP contribution in [-0.4, -0.2) is 5.78 Å². The molecule has 32 heavy (non-hydrogen) atoms. The van der Waals surface area contributed by atoms with Crippen molar-refractivity contribution in [3.8, 4) is 0 Å². The third-order valence-corrected chi connectivity index (χ3v) is 8.57. The van der Waals surface area contributed by atoms with Gasteiger partial charge in [0.05, 0.1) is 10.8 Å². The number of carbonyl (C=O) groups is 1. The van der Waals surface area contributed by atoms with Crippen LogP contribution in [0, 0.1) is 10.8 Å². The molecule has 1 heteroatoms. The number of fused-ring (bicyclic) bond motifs is 7. The molecule has 2 bridgehead atoms. The summed E-state index contributed by atoms with van der Waals surface area (Å²) in [6.45, 7) is 4.45. The maximum Gasteiger partial charge on any atom is 0.154 e. The lowest BCUT2D eigenvalue weighted by molar-refractivity contribution is -0.127. The summed E-state index contributed by atoms with van der Waals surface area (Å²) >= 11 is 0. The van der Waals surface area contributed by atoms with E-state index in [4.69, 9.17) is 0 Å². The Kier molecular flexibility index (Phi) is 3.33. The van der Waals surface area contributed by atoms with E-state index in [1.165, 1.54) is 44.2 Å². The molecule has 1 nitrogen and oxygen atoms in total. The molecule has 0 N–H and O–H groups in total. The molecule has 7 rings (SSSR count). The molecule has 4 atom stereocenters. The van der Waals surface area contributed by atoms with Gasteiger partial charge in [-0.2, -0.15) is 0 Å². The summed E-state index contributed by atoms with van der Waals surface area (Å²) in [6, 6.07) is 34.5. The van der Waals surface area contributed by atoms with Crippen LogP contribution in [0.5, 0.6) is 0 Å². The zero-order valence-corrected chi connectivity index (χ0v) is 18.3. The largest absolute Gasteiger partial charge is 0.298 e. The predicted molar refractivity (Wildman–Crippen MR) is 130 cm³/mol. The Bertz CT molecular complexity index is 1360. The Morgan fingerprint density at radius 1 is 0.562 bits per heavy atom. The first kappa shape index (κ1) is 18.2. The number of rotatable bonds is 2. The molecule has 4 aromatic carbocycles. The zero-order chi connectivity index (χ0) is 21.7. The van der Waals surface area contributed by atoms with Gasteiger partial charge in [-0.25, -0.2) is 0 Å². The molecule has 0 unspecified atom stereocenters. The third-order valence-electron chi connectivity index (χ3n) is 8.57. The Labute approximate surface area is 188 Å². The van der Waals surface area contributed by atoms with Crippen LogP contribution < -0.4 is 0 Å². The SMILES string of the molecule is C[C@]12C(=O)[C@](C)(C(c3ccccc3)=C1c1ccccc1)[C@@H]1c3cccc4cccc(c34)[C@H]12. The van der Waals surface area contributed by atoms with Gasteiger partial charge in [-0.1, -0.05) is 97.1 Å². The van der Waals surface area contributed by atoms with Gasteiger partial charge in [-0.05, 0) is 58.0 Å². The summed E-state index contributed by atoms with van der Waals surface area (Å²) in [4.78, 5) is 14.5. The van der Waals surface area contributed by atoms with Gasteiger partial charge in [0.2, 0.25) is 0 Å². The lowest BCUT2D eigenvalue weighted by atomic mass is 9.61. The van der Waals surface area contributed by atoms with Gasteiger partial charge in [0.15, 0.2) is 5.78 Å². The van der Waals surface area contributed by atoms with Gasteiger partial charge in [-0.15, -0.1) is 0 Å². The molecule has 1 fully saturated rings. The summed E-state index contributed by atoms with van der Waals surface area (Å²) in [7, 11) is 0. The molecule has 0 saturated heterocycles. The van der Waals surface area contributed by atoms with Gasteiger partial charge in [-0.3, -0.25) is 4.79 Å². The average Bonchev–Trinajstić information content (AvgIpc) is 3.34. The molecule has 0 spiro atoms. The van der Waals surface area contributed by atoms with Crippen molar-refractivity contribution in [3.63, 3.8) is 0 Å². The lowest BCUT2D eigenvalue weighted by Crippen LogP contribution is -2.28. The van der Waals surface area contributed by atoms with Crippen LogP contribution in [0.1, 0.15) is 47.9 Å². The highest BCUT2D eigenvalue weighted by atomic mass is 16.1. The van der Waals surface area contributed by atoms with E-state index < -0.39 is 10.8 Å². The Morgan fingerprint density at radius 2 is 1.00 bits per heavy atom. The van der Waals surface area contributed by atoms with Gasteiger partial charge in [0.1, 0.15) is 0 Å². The minimum absolute atomic E-state index is 0.170. The van der Waals surface area contributed by atoms with Crippen LogP contribution in [0.3, 0.4) is 0 Å². The van der Waals surface area contributed by atoms with Crippen LogP contribution >= 0.6 is 0 Å². The second kappa shape index (κ2) is 5.86. The topological polar surface area (TPSA) is 17.1 Å². The summed E-state index contributed by atoms with van der Waals surface area (Å²) in [5.74, 6) is 0.719. The van der Waals surface area contributed by atoms with E-state index in [2.05, 4.69) is 111 Å². The van der Waals surface area contributed by atoms with Crippen molar-refractivity contribution in [2.45, 2.75) is 25.7 Å². The number of carbonyl (C=O) groups excluding carboxylic acids is 1. The number of hydrogen-bond acceptors (Lipinski definition) is 1. The fourth-order valence-corrected chi connectivity index (χ4v) is 7.54. The standard InChI is InChI=1S/C31H24O/c1-30-25(20-11-5-3-6-12-20)26(21-13-7-4-8-14-21)31(2,29(30)32)28-23-18-10-16-19-15-9-17-22(24(19)23)27(28)30/h3-18,27-28H,1-2H3/t27-,28-,30-,31+/m1/s1. The third kappa shape index (κ3) is 1.86. The first-order valence-electron chi connectivity index (χ1n) is 11.5. The van der Waals surface area contributed by atoms with Crippen LogP contribution in [0.15, 0.2) is 97.1 Å². The van der Waals surface area contributed by atoms with Crippen molar-refractivity contribution in [2.75, 3.05) is 0 Å². The van der Waals surface area contributed by atoms with Crippen molar-refractivity contribution in [1.29, 1.82) is 0 Å².